The molecule has 0 atom stereocenters. The summed E-state index contributed by atoms with van der Waals surface area (Å²) in [4.78, 5) is 0. The van der Waals surface area contributed by atoms with Crippen LogP contribution in [-0.4, -0.2) is 7.11 Å². The fourth-order valence-electron chi connectivity index (χ4n) is 2.68. The minimum absolute atomic E-state index is 0.328. The lowest BCUT2D eigenvalue weighted by molar-refractivity contribution is 0.284. The number of benzene rings is 3. The van der Waals surface area contributed by atoms with Crippen molar-refractivity contribution in [3.8, 4) is 17.6 Å². The van der Waals surface area contributed by atoms with Crippen molar-refractivity contribution < 1.29 is 9.47 Å². The molecular formula is C23H17Cl2NO2. The molecule has 140 valence electrons. The van der Waals surface area contributed by atoms with Crippen molar-refractivity contribution in [1.29, 1.82) is 5.26 Å². The molecule has 0 radical (unpaired) electrons. The molecule has 3 aromatic carbocycles. The Morgan fingerprint density at radius 2 is 1.68 bits per heavy atom. The van der Waals surface area contributed by atoms with Gasteiger partial charge in [-0.05, 0) is 35.9 Å². The summed E-state index contributed by atoms with van der Waals surface area (Å²) in [5, 5.41) is 10.7. The van der Waals surface area contributed by atoms with Crippen LogP contribution in [0.15, 0.2) is 66.7 Å². The lowest BCUT2D eigenvalue weighted by Gasteiger charge is -2.12. The van der Waals surface area contributed by atoms with Gasteiger partial charge in [-0.1, -0.05) is 65.7 Å². The molecule has 0 amide bonds. The first-order valence-electron chi connectivity index (χ1n) is 8.53. The first kappa shape index (κ1) is 19.8. The molecule has 0 saturated carbocycles. The smallest absolute Gasteiger partial charge is 0.161 e. The van der Waals surface area contributed by atoms with Crippen LogP contribution in [0.25, 0.3) is 11.6 Å². The van der Waals surface area contributed by atoms with Gasteiger partial charge in [-0.3, -0.25) is 0 Å². The maximum Gasteiger partial charge on any atom is 0.161 e. The van der Waals surface area contributed by atoms with Crippen LogP contribution in [0.1, 0.15) is 16.7 Å². The second kappa shape index (κ2) is 9.32. The largest absolute Gasteiger partial charge is 0.493 e. The zero-order valence-electron chi connectivity index (χ0n) is 15.2. The Bertz CT molecular complexity index is 1050. The molecule has 0 aliphatic carbocycles. The van der Waals surface area contributed by atoms with Gasteiger partial charge in [0, 0.05) is 21.2 Å². The first-order valence-corrected chi connectivity index (χ1v) is 9.29. The highest BCUT2D eigenvalue weighted by molar-refractivity contribution is 6.32. The molecule has 0 unspecified atom stereocenters. The Morgan fingerprint density at radius 3 is 2.36 bits per heavy atom. The van der Waals surface area contributed by atoms with Gasteiger partial charge in [-0.15, -0.1) is 0 Å². The van der Waals surface area contributed by atoms with E-state index in [1.54, 1.807) is 19.3 Å². The molecular weight excluding hydrogens is 393 g/mol. The fraction of sp³-hybridized carbons (Fsp3) is 0.0870. The molecule has 0 fully saturated rings. The second-order valence-corrected chi connectivity index (χ2v) is 6.75. The highest BCUT2D eigenvalue weighted by atomic mass is 35.5. The van der Waals surface area contributed by atoms with Gasteiger partial charge in [0.05, 0.1) is 18.8 Å². The topological polar surface area (TPSA) is 42.2 Å². The third kappa shape index (κ3) is 4.67. The molecule has 3 aromatic rings. The summed E-state index contributed by atoms with van der Waals surface area (Å²) in [6.45, 7) is 0.328. The van der Waals surface area contributed by atoms with Crippen LogP contribution in [0, 0.1) is 11.3 Å². The number of halogens is 2. The minimum Gasteiger partial charge on any atom is -0.493 e. The van der Waals surface area contributed by atoms with Crippen LogP contribution in [0.3, 0.4) is 0 Å². The standard InChI is InChI=1S/C23H17Cl2NO2/c1-27-23-13-16(12-18(14-26)19-7-3-5-9-21(19)25)10-11-22(23)28-15-17-6-2-4-8-20(17)24/h2-13H,15H2,1H3. The number of hydrogen-bond acceptors (Lipinski definition) is 3. The molecule has 0 heterocycles. The van der Waals surface area contributed by atoms with Crippen molar-refractivity contribution in [2.75, 3.05) is 7.11 Å². The van der Waals surface area contributed by atoms with Crippen LogP contribution in [0.5, 0.6) is 11.5 Å². The predicted octanol–water partition coefficient (Wildman–Crippen LogP) is 6.65. The normalized spacial score (nSPS) is 11.0. The van der Waals surface area contributed by atoms with Crippen LogP contribution in [0.2, 0.25) is 10.0 Å². The van der Waals surface area contributed by atoms with E-state index in [0.29, 0.717) is 39.3 Å². The average Bonchev–Trinajstić information content (AvgIpc) is 2.72. The summed E-state index contributed by atoms with van der Waals surface area (Å²) in [5.41, 5.74) is 2.85. The summed E-state index contributed by atoms with van der Waals surface area (Å²) in [6, 6.07) is 22.5. The average molecular weight is 410 g/mol. The lowest BCUT2D eigenvalue weighted by atomic mass is 10.0. The van der Waals surface area contributed by atoms with Gasteiger partial charge in [0.2, 0.25) is 0 Å². The third-order valence-electron chi connectivity index (χ3n) is 4.12. The molecule has 0 aliphatic heterocycles. The second-order valence-electron chi connectivity index (χ2n) is 5.94. The van der Waals surface area contributed by atoms with Gasteiger partial charge in [-0.2, -0.15) is 5.26 Å². The molecule has 0 N–H and O–H groups in total. The van der Waals surface area contributed by atoms with Crippen molar-refractivity contribution in [3.63, 3.8) is 0 Å². The van der Waals surface area contributed by atoms with E-state index in [-0.39, 0.29) is 0 Å². The predicted molar refractivity (Wildman–Crippen MR) is 114 cm³/mol. The number of hydrogen-bond donors (Lipinski definition) is 0. The number of nitrogens with zero attached hydrogens (tertiary/aromatic N) is 1. The fourth-order valence-corrected chi connectivity index (χ4v) is 3.11. The summed E-state index contributed by atoms with van der Waals surface area (Å²) in [5.74, 6) is 1.16. The molecule has 0 saturated heterocycles. The molecule has 28 heavy (non-hydrogen) atoms. The van der Waals surface area contributed by atoms with E-state index in [2.05, 4.69) is 6.07 Å². The van der Waals surface area contributed by atoms with Crippen molar-refractivity contribution >= 4 is 34.9 Å². The van der Waals surface area contributed by atoms with Crippen LogP contribution in [-0.2, 0) is 6.61 Å². The molecule has 5 heteroatoms. The summed E-state index contributed by atoms with van der Waals surface area (Å²) in [6.07, 6.45) is 1.77. The highest BCUT2D eigenvalue weighted by Crippen LogP contribution is 2.32. The number of methoxy groups -OCH3 is 1. The van der Waals surface area contributed by atoms with E-state index < -0.39 is 0 Å². The van der Waals surface area contributed by atoms with Crippen LogP contribution in [0.4, 0.5) is 0 Å². The Kier molecular flexibility index (Phi) is 6.60. The summed E-state index contributed by atoms with van der Waals surface area (Å²) >= 11 is 12.4. The first-order chi connectivity index (χ1) is 13.6. The van der Waals surface area contributed by atoms with Gasteiger partial charge in [0.15, 0.2) is 11.5 Å². The van der Waals surface area contributed by atoms with E-state index in [1.165, 1.54) is 0 Å². The van der Waals surface area contributed by atoms with E-state index in [1.807, 2.05) is 60.7 Å². The molecule has 3 nitrogen and oxygen atoms in total. The van der Waals surface area contributed by atoms with Gasteiger partial charge in [0.25, 0.3) is 0 Å². The van der Waals surface area contributed by atoms with Crippen molar-refractivity contribution in [2.24, 2.45) is 0 Å². The van der Waals surface area contributed by atoms with Gasteiger partial charge < -0.3 is 9.47 Å². The van der Waals surface area contributed by atoms with E-state index in [9.17, 15) is 5.26 Å². The zero-order valence-corrected chi connectivity index (χ0v) is 16.7. The van der Waals surface area contributed by atoms with Gasteiger partial charge >= 0.3 is 0 Å². The summed E-state index contributed by atoms with van der Waals surface area (Å²) in [7, 11) is 1.57. The zero-order chi connectivity index (χ0) is 19.9. The number of allylic oxidation sites excluding steroid dienone is 1. The molecule has 0 aromatic heterocycles. The Labute approximate surface area is 174 Å². The SMILES string of the molecule is COc1cc(C=C(C#N)c2ccccc2Cl)ccc1OCc1ccccc1Cl. The lowest BCUT2D eigenvalue weighted by Crippen LogP contribution is -1.98. The highest BCUT2D eigenvalue weighted by Gasteiger charge is 2.09. The van der Waals surface area contributed by atoms with Crippen LogP contribution >= 0.6 is 23.2 Å². The van der Waals surface area contributed by atoms with Gasteiger partial charge in [-0.25, -0.2) is 0 Å². The Balaban J connectivity index is 1.86. The minimum atomic E-state index is 0.328. The van der Waals surface area contributed by atoms with E-state index >= 15 is 0 Å². The Morgan fingerprint density at radius 1 is 0.964 bits per heavy atom. The number of nitriles is 1. The molecule has 3 rings (SSSR count). The number of ether oxygens (including phenoxy) is 2. The van der Waals surface area contributed by atoms with E-state index in [0.717, 1.165) is 11.1 Å². The van der Waals surface area contributed by atoms with Gasteiger partial charge in [0.1, 0.15) is 6.61 Å². The quantitative estimate of drug-likeness (QED) is 0.338. The maximum atomic E-state index is 9.54. The molecule has 0 aliphatic rings. The number of rotatable bonds is 6. The third-order valence-corrected chi connectivity index (χ3v) is 4.82. The summed E-state index contributed by atoms with van der Waals surface area (Å²) < 4.78 is 11.3. The van der Waals surface area contributed by atoms with E-state index in [4.69, 9.17) is 32.7 Å². The van der Waals surface area contributed by atoms with Crippen molar-refractivity contribution in [3.05, 3.63) is 93.5 Å². The van der Waals surface area contributed by atoms with Crippen molar-refractivity contribution in [1.82, 2.24) is 0 Å². The Hall–Kier alpha value is -2.93. The molecule has 0 bridgehead atoms. The maximum absolute atomic E-state index is 9.54. The van der Waals surface area contributed by atoms with Crippen LogP contribution < -0.4 is 9.47 Å². The van der Waals surface area contributed by atoms with Crippen molar-refractivity contribution in [2.45, 2.75) is 6.61 Å². The monoisotopic (exact) mass is 409 g/mol. The molecule has 0 spiro atoms.